The predicted octanol–water partition coefficient (Wildman–Crippen LogP) is 23.5. The first kappa shape index (κ1) is 86.8. The molecule has 13 heteroatoms. The second-order valence-corrected chi connectivity index (χ2v) is 25.5. The molecule has 0 aromatic carbocycles. The molecule has 6 atom stereocenters. The summed E-state index contributed by atoms with van der Waals surface area (Å²) in [5.41, 5.74) is 0. The first-order valence-corrected chi connectivity index (χ1v) is 37.8. The van der Waals surface area contributed by atoms with E-state index in [1.165, 1.54) is 289 Å². The van der Waals surface area contributed by atoms with Gasteiger partial charge in [0.2, 0.25) is 0 Å². The van der Waals surface area contributed by atoms with Crippen molar-refractivity contribution in [1.29, 1.82) is 0 Å². The monoisotopic (exact) mass is 1310 g/mol. The van der Waals surface area contributed by atoms with Crippen LogP contribution in [0.1, 0.15) is 408 Å². The zero-order valence-corrected chi connectivity index (χ0v) is 59.4. The van der Waals surface area contributed by atoms with E-state index in [0.29, 0.717) is 0 Å². The fourth-order valence-corrected chi connectivity index (χ4v) is 12.0. The summed E-state index contributed by atoms with van der Waals surface area (Å²) in [6, 6.07) is 0. The average Bonchev–Trinajstić information content (AvgIpc) is 3.41. The van der Waals surface area contributed by atoms with Crippen molar-refractivity contribution in [1.82, 2.24) is 0 Å². The number of hydrogen-bond acceptors (Lipinski definition) is 9. The van der Waals surface area contributed by atoms with E-state index in [-0.39, 0.29) is 59.2 Å². The van der Waals surface area contributed by atoms with Crippen molar-refractivity contribution in [3.8, 4) is 0 Å². The predicted molar refractivity (Wildman–Crippen MR) is 335 cm³/mol. The smallest absolute Gasteiger partial charge is 0.566 e. The normalized spacial score (nSPS) is 12.9. The zero-order chi connectivity index (χ0) is 57.9. The molecule has 469 valence electrons. The Labute approximate surface area is 529 Å². The van der Waals surface area contributed by atoms with Crippen molar-refractivity contribution in [2.24, 2.45) is 0 Å². The van der Waals surface area contributed by atoms with Crippen LogP contribution in [0, 0.1) is 40.8 Å². The molecule has 0 aromatic rings. The van der Waals surface area contributed by atoms with Gasteiger partial charge in [0.1, 0.15) is 18.3 Å². The van der Waals surface area contributed by atoms with Crippen LogP contribution in [0.2, 0.25) is 0 Å². The Morgan fingerprint density at radius 2 is 0.316 bits per heavy atom. The Morgan fingerprint density at radius 1 is 0.215 bits per heavy atom. The van der Waals surface area contributed by atoms with Crippen LogP contribution < -0.4 is 14.7 Å². The van der Waals surface area contributed by atoms with Crippen molar-refractivity contribution in [2.75, 3.05) is 0 Å². The molecule has 0 fully saturated rings. The number of unbranched alkanes of at least 4 members (excludes halogenated alkanes) is 45. The topological polar surface area (TPSA) is 148 Å². The van der Waals surface area contributed by atoms with Crippen LogP contribution in [0.15, 0.2) is 0 Å². The minimum absolute atomic E-state index is 0. The molecule has 79 heavy (non-hydrogen) atoms. The zero-order valence-electron chi connectivity index (χ0n) is 53.6. The average molecular weight is 1310 g/mol. The summed E-state index contributed by atoms with van der Waals surface area (Å²) < 4.78 is 48.1. The quantitative estimate of drug-likeness (QED) is 0.0429. The molecule has 0 aliphatic rings. The van der Waals surface area contributed by atoms with E-state index >= 15 is 0 Å². The van der Waals surface area contributed by atoms with Crippen LogP contribution in [0.4, 0.5) is 0 Å². The molecule has 0 amide bonds. The van der Waals surface area contributed by atoms with E-state index in [4.69, 9.17) is 13.6 Å². The van der Waals surface area contributed by atoms with E-state index in [1.807, 2.05) is 0 Å². The second-order valence-electron chi connectivity index (χ2n) is 23.5. The minimum atomic E-state index is -2.71. The van der Waals surface area contributed by atoms with Crippen LogP contribution >= 0.6 is 24.8 Å². The van der Waals surface area contributed by atoms with Gasteiger partial charge in [-0.1, -0.05) is 369 Å². The van der Waals surface area contributed by atoms with Crippen molar-refractivity contribution in [3.05, 3.63) is 0 Å². The largest absolute Gasteiger partial charge is 3.00 e. The van der Waals surface area contributed by atoms with Gasteiger partial charge in [-0.05, 0) is 52.2 Å². The Kier molecular flexibility index (Phi) is 85.1. The summed E-state index contributed by atoms with van der Waals surface area (Å²) in [5, 5.41) is 0. The molecule has 0 aliphatic carbocycles. The van der Waals surface area contributed by atoms with Gasteiger partial charge >= 0.3 is 65.6 Å². The van der Waals surface area contributed by atoms with Gasteiger partial charge in [0.15, 0.2) is 0 Å². The van der Waals surface area contributed by atoms with Crippen molar-refractivity contribution in [3.63, 3.8) is 0 Å². The Balaban J connectivity index is -0.000000531. The molecule has 0 N–H and O–H groups in total. The van der Waals surface area contributed by atoms with E-state index < -0.39 is 24.8 Å². The Bertz CT molecular complexity index is 1040. The van der Waals surface area contributed by atoms with Gasteiger partial charge in [0.05, 0.1) is 0 Å². The van der Waals surface area contributed by atoms with Gasteiger partial charge in [0, 0.05) is 0 Å². The van der Waals surface area contributed by atoms with Crippen LogP contribution in [0.3, 0.4) is 0 Å². The van der Waals surface area contributed by atoms with Gasteiger partial charge in [-0.25, -0.2) is 0 Å². The third kappa shape index (κ3) is 81.5. The standard InChI is InChI=1S/3C22H45O3P.Nd/c3*1-3-5-7-9-11-12-13-15-17-19-21-22(25-26(23)24)20-18-16-14-10-8-6-4-2;/h3*22H,3-21H2,1-2H3;/q;;;+3. The summed E-state index contributed by atoms with van der Waals surface area (Å²) in [6.45, 7) is 13.5. The molecule has 1 radical (unpaired) electrons. The van der Waals surface area contributed by atoms with Crippen LogP contribution in [0.5, 0.6) is 0 Å². The molecule has 0 saturated carbocycles. The van der Waals surface area contributed by atoms with E-state index in [9.17, 15) is 28.4 Å². The first-order valence-electron chi connectivity index (χ1n) is 34.5. The molecular weight excluding hydrogens is 1170 g/mol. The van der Waals surface area contributed by atoms with Gasteiger partial charge in [-0.3, -0.25) is 0 Å². The minimum Gasteiger partial charge on any atom is -0.566 e. The maximum absolute atomic E-state index is 10.9. The number of rotatable bonds is 63. The summed E-state index contributed by atoms with van der Waals surface area (Å²) in [5.74, 6) is 0. The molecule has 6 unspecified atom stereocenters. The third-order valence-electron chi connectivity index (χ3n) is 15.7. The van der Waals surface area contributed by atoms with E-state index in [2.05, 4.69) is 41.5 Å². The van der Waals surface area contributed by atoms with Gasteiger partial charge in [0.25, 0.3) is 0 Å². The molecule has 0 aliphatic heterocycles. The van der Waals surface area contributed by atoms with Crippen molar-refractivity contribution < 1.29 is 82.8 Å². The van der Waals surface area contributed by atoms with Crippen molar-refractivity contribution in [2.45, 2.75) is 426 Å². The Morgan fingerprint density at radius 3 is 0.418 bits per heavy atom. The van der Waals surface area contributed by atoms with Crippen molar-refractivity contribution >= 4 is 24.8 Å². The molecule has 0 aromatic heterocycles. The summed E-state index contributed by atoms with van der Waals surface area (Å²) in [4.78, 5) is 32.7. The SMILES string of the molecule is CCCCCCCCCCCCC(CCCCCCCCC)O[P+](=O)[O-].CCCCCCCCCCCCC(CCCCCCCCC)O[P+](=O)[O-].CCCCCCCCCCCCC(CCCCCCCCC)O[P+](=O)[O-].[Nd+3]. The third-order valence-corrected chi connectivity index (χ3v) is 17.1. The molecule has 0 rings (SSSR count). The fraction of sp³-hybridized carbons (Fsp3) is 1.00. The van der Waals surface area contributed by atoms with Gasteiger partial charge in [-0.15, -0.1) is 13.6 Å². The maximum Gasteiger partial charge on any atom is 3.00 e. The van der Waals surface area contributed by atoms with E-state index in [1.54, 1.807) is 0 Å². The summed E-state index contributed by atoms with van der Waals surface area (Å²) in [7, 11) is -8.13. The second kappa shape index (κ2) is 77.4. The molecule has 0 bridgehead atoms. The summed E-state index contributed by atoms with van der Waals surface area (Å²) in [6.07, 6.45) is 71.0. The molecule has 0 spiro atoms. The summed E-state index contributed by atoms with van der Waals surface area (Å²) >= 11 is 0. The first-order chi connectivity index (χ1) is 38.1. The number of hydrogen-bond donors (Lipinski definition) is 0. The molecule has 9 nitrogen and oxygen atoms in total. The Hall–Kier alpha value is 1.41. The van der Waals surface area contributed by atoms with Gasteiger partial charge < -0.3 is 14.7 Å². The maximum atomic E-state index is 10.9. The fourth-order valence-electron chi connectivity index (χ4n) is 10.7. The van der Waals surface area contributed by atoms with Crippen LogP contribution in [0.25, 0.3) is 0 Å². The van der Waals surface area contributed by atoms with E-state index in [0.717, 1.165) is 77.0 Å². The van der Waals surface area contributed by atoms with Gasteiger partial charge in [-0.2, -0.15) is 0 Å². The molecule has 0 heterocycles. The van der Waals surface area contributed by atoms with Crippen LogP contribution in [-0.2, 0) is 27.3 Å². The molecular formula is C66H135NdO9P3+3. The molecule has 0 saturated heterocycles. The van der Waals surface area contributed by atoms with Crippen LogP contribution in [-0.4, -0.2) is 18.3 Å².